The van der Waals surface area contributed by atoms with Crippen molar-refractivity contribution < 1.29 is 24.2 Å². The fourth-order valence-corrected chi connectivity index (χ4v) is 3.98. The van der Waals surface area contributed by atoms with E-state index in [0.29, 0.717) is 34.1 Å². The first-order valence-corrected chi connectivity index (χ1v) is 11.8. The fourth-order valence-electron chi connectivity index (χ4n) is 3.98. The highest BCUT2D eigenvalue weighted by Crippen LogP contribution is 2.28. The van der Waals surface area contributed by atoms with Crippen molar-refractivity contribution in [3.05, 3.63) is 95.1 Å². The molecule has 3 aromatic rings. The number of nitrogens with one attached hydrogen (secondary N) is 1. The molecule has 6 nitrogen and oxygen atoms in total. The minimum absolute atomic E-state index is 0.0859. The second kappa shape index (κ2) is 12.6. The molecule has 184 valence electrons. The molecule has 0 radical (unpaired) electrons. The van der Waals surface area contributed by atoms with E-state index in [2.05, 4.69) is 19.2 Å². The highest BCUT2D eigenvalue weighted by molar-refractivity contribution is 5.96. The summed E-state index contributed by atoms with van der Waals surface area (Å²) in [7, 11) is 1.55. The van der Waals surface area contributed by atoms with Gasteiger partial charge in [0.1, 0.15) is 18.1 Å². The monoisotopic (exact) mass is 475 g/mol. The first kappa shape index (κ1) is 25.8. The van der Waals surface area contributed by atoms with Crippen LogP contribution in [-0.2, 0) is 17.8 Å². The molecule has 0 aliphatic carbocycles. The van der Waals surface area contributed by atoms with Crippen LogP contribution in [0.5, 0.6) is 11.5 Å². The number of methoxy groups -OCH3 is 1. The van der Waals surface area contributed by atoms with Crippen LogP contribution in [0.3, 0.4) is 0 Å². The Morgan fingerprint density at radius 2 is 1.60 bits per heavy atom. The number of carboxylic acids is 1. The average Bonchev–Trinajstić information content (AvgIpc) is 2.86. The van der Waals surface area contributed by atoms with E-state index >= 15 is 0 Å². The summed E-state index contributed by atoms with van der Waals surface area (Å²) in [5.41, 5.74) is 2.80. The lowest BCUT2D eigenvalue weighted by molar-refractivity contribution is -0.136. The van der Waals surface area contributed by atoms with Crippen LogP contribution >= 0.6 is 0 Å². The molecule has 3 aromatic carbocycles. The maximum Gasteiger partial charge on any atom is 0.303 e. The van der Waals surface area contributed by atoms with Gasteiger partial charge in [0, 0.05) is 17.5 Å². The van der Waals surface area contributed by atoms with Gasteiger partial charge in [0.25, 0.3) is 5.91 Å². The van der Waals surface area contributed by atoms with Gasteiger partial charge in [-0.15, -0.1) is 0 Å². The van der Waals surface area contributed by atoms with E-state index in [0.717, 1.165) is 12.0 Å². The Bertz CT molecular complexity index is 1110. The van der Waals surface area contributed by atoms with E-state index in [1.165, 1.54) is 0 Å². The van der Waals surface area contributed by atoms with Crippen LogP contribution in [0.4, 0.5) is 0 Å². The fraction of sp³-hybridized carbons (Fsp3) is 0.310. The molecule has 1 atom stereocenters. The second-order valence-corrected chi connectivity index (χ2v) is 8.88. The molecule has 0 fully saturated rings. The number of carbonyl (C=O) groups excluding carboxylic acids is 1. The summed E-state index contributed by atoms with van der Waals surface area (Å²) in [5.74, 6) is 0.464. The number of amides is 1. The highest BCUT2D eigenvalue weighted by atomic mass is 16.5. The van der Waals surface area contributed by atoms with Gasteiger partial charge in [0.05, 0.1) is 13.2 Å². The SMILES string of the molecule is COc1cc(CCC(=O)O)c(C(=O)NC(CC(C)C)c2ccccc2)cc1COc1ccccc1. The maximum atomic E-state index is 13.6. The lowest BCUT2D eigenvalue weighted by atomic mass is 9.95. The van der Waals surface area contributed by atoms with Gasteiger partial charge in [-0.25, -0.2) is 0 Å². The zero-order chi connectivity index (χ0) is 25.2. The summed E-state index contributed by atoms with van der Waals surface area (Å²) >= 11 is 0. The van der Waals surface area contributed by atoms with Crippen LogP contribution in [-0.4, -0.2) is 24.1 Å². The normalized spacial score (nSPS) is 11.7. The number of carboxylic acid groups (broad SMARTS) is 1. The van der Waals surface area contributed by atoms with Gasteiger partial charge in [-0.1, -0.05) is 62.4 Å². The van der Waals surface area contributed by atoms with Crippen LogP contribution < -0.4 is 14.8 Å². The second-order valence-electron chi connectivity index (χ2n) is 8.88. The van der Waals surface area contributed by atoms with Crippen LogP contribution in [0.1, 0.15) is 59.8 Å². The van der Waals surface area contributed by atoms with Crippen molar-refractivity contribution in [2.75, 3.05) is 7.11 Å². The van der Waals surface area contributed by atoms with E-state index < -0.39 is 5.97 Å². The van der Waals surface area contributed by atoms with Gasteiger partial charge < -0.3 is 19.9 Å². The predicted molar refractivity (Wildman–Crippen MR) is 136 cm³/mol. The number of hydrogen-bond acceptors (Lipinski definition) is 4. The van der Waals surface area contributed by atoms with E-state index in [-0.39, 0.29) is 31.4 Å². The molecular formula is C29H33NO5. The summed E-state index contributed by atoms with van der Waals surface area (Å²) in [6.07, 6.45) is 0.909. The number of benzene rings is 3. The van der Waals surface area contributed by atoms with Crippen molar-refractivity contribution >= 4 is 11.9 Å². The number of hydrogen-bond donors (Lipinski definition) is 2. The van der Waals surface area contributed by atoms with E-state index in [1.54, 1.807) is 19.2 Å². The van der Waals surface area contributed by atoms with Crippen molar-refractivity contribution in [1.29, 1.82) is 0 Å². The Labute approximate surface area is 206 Å². The van der Waals surface area contributed by atoms with Gasteiger partial charge in [-0.2, -0.15) is 0 Å². The minimum Gasteiger partial charge on any atom is -0.496 e. The van der Waals surface area contributed by atoms with E-state index in [9.17, 15) is 14.7 Å². The van der Waals surface area contributed by atoms with Crippen LogP contribution in [0, 0.1) is 5.92 Å². The standard InChI is InChI=1S/C29H33NO5/c1-20(2)16-26(21-10-6-4-7-11-21)30-29(33)25-17-23(19-35-24-12-8-5-9-13-24)27(34-3)18-22(25)14-15-28(31)32/h4-13,17-18,20,26H,14-16,19H2,1-3H3,(H,30,33)(H,31,32). The summed E-state index contributed by atoms with van der Waals surface area (Å²) in [4.78, 5) is 24.8. The number of aryl methyl sites for hydroxylation is 1. The molecule has 3 rings (SSSR count). The molecule has 0 saturated heterocycles. The molecule has 35 heavy (non-hydrogen) atoms. The molecule has 6 heteroatoms. The third-order valence-electron chi connectivity index (χ3n) is 5.71. The predicted octanol–water partition coefficient (Wildman–Crippen LogP) is 5.81. The molecule has 2 N–H and O–H groups in total. The van der Waals surface area contributed by atoms with Gasteiger partial charge in [-0.3, -0.25) is 9.59 Å². The zero-order valence-corrected chi connectivity index (χ0v) is 20.5. The van der Waals surface area contributed by atoms with Crippen molar-refractivity contribution in [1.82, 2.24) is 5.32 Å². The lowest BCUT2D eigenvalue weighted by Gasteiger charge is -2.23. The molecule has 0 heterocycles. The number of carbonyl (C=O) groups is 2. The van der Waals surface area contributed by atoms with Crippen LogP contribution in [0.25, 0.3) is 0 Å². The van der Waals surface area contributed by atoms with E-state index in [1.807, 2.05) is 60.7 Å². The van der Waals surface area contributed by atoms with Gasteiger partial charge >= 0.3 is 5.97 Å². The molecule has 1 amide bonds. The van der Waals surface area contributed by atoms with E-state index in [4.69, 9.17) is 9.47 Å². The molecular weight excluding hydrogens is 442 g/mol. The number of para-hydroxylation sites is 1. The van der Waals surface area contributed by atoms with Gasteiger partial charge in [0.2, 0.25) is 0 Å². The molecule has 0 bridgehead atoms. The molecule has 0 aliphatic rings. The number of rotatable bonds is 12. The quantitative estimate of drug-likeness (QED) is 0.345. The maximum absolute atomic E-state index is 13.6. The summed E-state index contributed by atoms with van der Waals surface area (Å²) in [5, 5.41) is 12.4. The Balaban J connectivity index is 1.93. The van der Waals surface area contributed by atoms with Crippen molar-refractivity contribution in [2.24, 2.45) is 5.92 Å². The molecule has 0 aliphatic heterocycles. The van der Waals surface area contributed by atoms with Crippen LogP contribution in [0.15, 0.2) is 72.8 Å². The summed E-state index contributed by atoms with van der Waals surface area (Å²) < 4.78 is 11.5. The molecule has 0 saturated carbocycles. The molecule has 0 aromatic heterocycles. The first-order valence-electron chi connectivity index (χ1n) is 11.8. The third-order valence-corrected chi connectivity index (χ3v) is 5.71. The van der Waals surface area contributed by atoms with Gasteiger partial charge in [0.15, 0.2) is 0 Å². The van der Waals surface area contributed by atoms with Crippen molar-refractivity contribution in [3.63, 3.8) is 0 Å². The van der Waals surface area contributed by atoms with Crippen LogP contribution in [0.2, 0.25) is 0 Å². The zero-order valence-electron chi connectivity index (χ0n) is 20.5. The summed E-state index contributed by atoms with van der Waals surface area (Å²) in [6, 6.07) is 22.6. The third kappa shape index (κ3) is 7.60. The largest absolute Gasteiger partial charge is 0.496 e. The summed E-state index contributed by atoms with van der Waals surface area (Å²) in [6.45, 7) is 4.44. The smallest absolute Gasteiger partial charge is 0.303 e. The number of ether oxygens (including phenoxy) is 2. The van der Waals surface area contributed by atoms with Gasteiger partial charge in [-0.05, 0) is 54.2 Å². The molecule has 0 spiro atoms. The lowest BCUT2D eigenvalue weighted by Crippen LogP contribution is -2.30. The minimum atomic E-state index is -0.922. The Hall–Kier alpha value is -3.80. The van der Waals surface area contributed by atoms with Crippen molar-refractivity contribution in [2.45, 2.75) is 45.8 Å². The Morgan fingerprint density at radius 1 is 0.943 bits per heavy atom. The Morgan fingerprint density at radius 3 is 2.20 bits per heavy atom. The number of aliphatic carboxylic acids is 1. The topological polar surface area (TPSA) is 84.9 Å². The Kier molecular flexibility index (Phi) is 9.30. The highest BCUT2D eigenvalue weighted by Gasteiger charge is 2.22. The van der Waals surface area contributed by atoms with Crippen molar-refractivity contribution in [3.8, 4) is 11.5 Å². The first-order chi connectivity index (χ1) is 16.9. The average molecular weight is 476 g/mol. The molecule has 1 unspecified atom stereocenters.